The highest BCUT2D eigenvalue weighted by Gasteiger charge is 2.26. The molecule has 0 bridgehead atoms. The van der Waals surface area contributed by atoms with Gasteiger partial charge in [0.25, 0.3) is 0 Å². The molecule has 1 amide bonds. The Hall–Kier alpha value is -4.15. The van der Waals surface area contributed by atoms with Crippen molar-refractivity contribution in [2.45, 2.75) is 11.6 Å². The summed E-state index contributed by atoms with van der Waals surface area (Å²) >= 11 is 0. The summed E-state index contributed by atoms with van der Waals surface area (Å²) in [5.41, 5.74) is 9.35. The van der Waals surface area contributed by atoms with Crippen molar-refractivity contribution in [2.75, 3.05) is 36.0 Å². The van der Waals surface area contributed by atoms with Crippen LogP contribution < -0.4 is 15.5 Å². The van der Waals surface area contributed by atoms with Crippen LogP contribution in [0.3, 0.4) is 0 Å². The van der Waals surface area contributed by atoms with E-state index in [1.165, 1.54) is 6.20 Å². The molecule has 0 saturated carbocycles. The van der Waals surface area contributed by atoms with Gasteiger partial charge < -0.3 is 20.1 Å². The summed E-state index contributed by atoms with van der Waals surface area (Å²) < 4.78 is 32.8. The van der Waals surface area contributed by atoms with E-state index in [2.05, 4.69) is 26.9 Å². The Kier molecular flexibility index (Phi) is 7.17. The van der Waals surface area contributed by atoms with E-state index in [9.17, 15) is 13.2 Å². The average Bonchev–Trinajstić information content (AvgIpc) is 3.35. The van der Waals surface area contributed by atoms with Gasteiger partial charge in [0, 0.05) is 61.9 Å². The molecule has 38 heavy (non-hydrogen) atoms. The van der Waals surface area contributed by atoms with E-state index in [0.29, 0.717) is 30.0 Å². The molecule has 9 nitrogen and oxygen atoms in total. The molecule has 0 radical (unpaired) electrons. The second-order valence-corrected chi connectivity index (χ2v) is 10.7. The number of nitrogens with zero attached hydrogens (tertiary/aromatic N) is 4. The molecule has 0 spiro atoms. The first-order chi connectivity index (χ1) is 18.3. The summed E-state index contributed by atoms with van der Waals surface area (Å²) in [7, 11) is -2.36. The number of aryl methyl sites for hydroxylation is 1. The highest BCUT2D eigenvalue weighted by molar-refractivity contribution is 7.86. The summed E-state index contributed by atoms with van der Waals surface area (Å²) in [5.74, 6) is -0.0819. The maximum Gasteiger partial charge on any atom is 0.316 e. The Bertz CT molecular complexity index is 1530. The lowest BCUT2D eigenvalue weighted by Gasteiger charge is -2.38. The SMILES string of the molecule is Cn1cc(S(=O)(=O)OCc2ccccc2)nc1-c1ccc(C(N)=O)cc1N1CCN(c2ccccc2)CC1. The normalized spacial score (nSPS) is 14.0. The van der Waals surface area contributed by atoms with Crippen LogP contribution in [-0.2, 0) is 28.0 Å². The molecule has 2 heterocycles. The van der Waals surface area contributed by atoms with Gasteiger partial charge in [0.15, 0.2) is 0 Å². The third-order valence-electron chi connectivity index (χ3n) is 6.60. The molecule has 1 saturated heterocycles. The topological polar surface area (TPSA) is 111 Å². The van der Waals surface area contributed by atoms with Crippen molar-refractivity contribution in [3.05, 3.63) is 96.2 Å². The quantitative estimate of drug-likeness (QED) is 0.347. The molecule has 2 N–H and O–H groups in total. The number of nitrogens with two attached hydrogens (primary N) is 1. The highest BCUT2D eigenvalue weighted by atomic mass is 32.2. The minimum absolute atomic E-state index is 0.0840. The maximum absolute atomic E-state index is 12.9. The van der Waals surface area contributed by atoms with Gasteiger partial charge in [-0.1, -0.05) is 48.5 Å². The Morgan fingerprint density at radius 1 is 0.921 bits per heavy atom. The number of hydrogen-bond acceptors (Lipinski definition) is 7. The number of hydrogen-bond donors (Lipinski definition) is 1. The predicted molar refractivity (Wildman–Crippen MR) is 146 cm³/mol. The number of rotatable bonds is 8. The number of carbonyl (C=O) groups is 1. The third-order valence-corrected chi connectivity index (χ3v) is 7.74. The molecule has 196 valence electrons. The van der Waals surface area contributed by atoms with Crippen molar-refractivity contribution < 1.29 is 17.4 Å². The van der Waals surface area contributed by atoms with Crippen LogP contribution in [0.25, 0.3) is 11.4 Å². The molecule has 0 unspecified atom stereocenters. The van der Waals surface area contributed by atoms with E-state index in [1.54, 1.807) is 41.9 Å². The Labute approximate surface area is 222 Å². The van der Waals surface area contributed by atoms with Crippen molar-refractivity contribution >= 4 is 27.4 Å². The molecule has 1 fully saturated rings. The fourth-order valence-corrected chi connectivity index (χ4v) is 5.47. The zero-order valence-corrected chi connectivity index (χ0v) is 21.8. The standard InChI is InChI=1S/C28H29N5O4S/c1-31-19-26(38(35,36)37-20-21-8-4-2-5-9-21)30-28(31)24-13-12-22(27(29)34)18-25(24)33-16-14-32(15-17-33)23-10-6-3-7-11-23/h2-13,18-19H,14-17,20H2,1H3,(H2,29,34). The second-order valence-electron chi connectivity index (χ2n) is 9.12. The number of carbonyl (C=O) groups excluding carboxylic acids is 1. The number of imidazole rings is 1. The molecule has 4 aromatic rings. The van der Waals surface area contributed by atoms with E-state index < -0.39 is 16.0 Å². The van der Waals surface area contributed by atoms with Crippen molar-refractivity contribution in [3.63, 3.8) is 0 Å². The van der Waals surface area contributed by atoms with Crippen LogP contribution in [0.5, 0.6) is 0 Å². The van der Waals surface area contributed by atoms with Gasteiger partial charge in [0.2, 0.25) is 10.9 Å². The molecule has 1 aliphatic heterocycles. The van der Waals surface area contributed by atoms with E-state index in [1.807, 2.05) is 36.4 Å². The van der Waals surface area contributed by atoms with Gasteiger partial charge in [-0.15, -0.1) is 0 Å². The smallest absolute Gasteiger partial charge is 0.316 e. The molecule has 5 rings (SSSR count). The van der Waals surface area contributed by atoms with Crippen molar-refractivity contribution in [1.29, 1.82) is 0 Å². The van der Waals surface area contributed by atoms with E-state index in [0.717, 1.165) is 30.0 Å². The van der Waals surface area contributed by atoms with Crippen LogP contribution in [0.2, 0.25) is 0 Å². The first kappa shape index (κ1) is 25.5. The second kappa shape index (κ2) is 10.7. The van der Waals surface area contributed by atoms with Crippen molar-refractivity contribution in [3.8, 4) is 11.4 Å². The Morgan fingerprint density at radius 3 is 2.21 bits per heavy atom. The lowest BCUT2D eigenvalue weighted by Crippen LogP contribution is -2.46. The van der Waals surface area contributed by atoms with E-state index in [-0.39, 0.29) is 11.6 Å². The number of aromatic nitrogens is 2. The van der Waals surface area contributed by atoms with Gasteiger partial charge in [-0.2, -0.15) is 8.42 Å². The van der Waals surface area contributed by atoms with Crippen LogP contribution in [0.4, 0.5) is 11.4 Å². The Morgan fingerprint density at radius 2 is 1.55 bits per heavy atom. The number of amides is 1. The fraction of sp³-hybridized carbons (Fsp3) is 0.214. The molecule has 0 aliphatic carbocycles. The predicted octanol–water partition coefficient (Wildman–Crippen LogP) is 3.42. The zero-order valence-electron chi connectivity index (χ0n) is 21.0. The Balaban J connectivity index is 1.43. The van der Waals surface area contributed by atoms with Crippen LogP contribution in [-0.4, -0.2) is 50.1 Å². The van der Waals surface area contributed by atoms with Crippen LogP contribution >= 0.6 is 0 Å². The molecule has 3 aromatic carbocycles. The first-order valence-electron chi connectivity index (χ1n) is 12.3. The minimum atomic E-state index is -4.09. The summed E-state index contributed by atoms with van der Waals surface area (Å²) in [6.07, 6.45) is 1.44. The lowest BCUT2D eigenvalue weighted by molar-refractivity contribution is 0.100. The van der Waals surface area contributed by atoms with Gasteiger partial charge in [0.1, 0.15) is 5.82 Å². The van der Waals surface area contributed by atoms with Crippen LogP contribution in [0.15, 0.2) is 90.1 Å². The summed E-state index contributed by atoms with van der Waals surface area (Å²) in [4.78, 5) is 20.9. The van der Waals surface area contributed by atoms with Gasteiger partial charge in [-0.3, -0.25) is 8.98 Å². The zero-order chi connectivity index (χ0) is 26.7. The summed E-state index contributed by atoms with van der Waals surface area (Å²) in [6, 6.07) is 24.5. The molecule has 10 heteroatoms. The number of piperazine rings is 1. The van der Waals surface area contributed by atoms with Crippen molar-refractivity contribution in [1.82, 2.24) is 9.55 Å². The molecule has 1 aromatic heterocycles. The number of benzene rings is 3. The summed E-state index contributed by atoms with van der Waals surface area (Å²) in [6.45, 7) is 2.91. The molecular formula is C28H29N5O4S. The van der Waals surface area contributed by atoms with Gasteiger partial charge in [0.05, 0.1) is 6.61 Å². The monoisotopic (exact) mass is 531 g/mol. The molecule has 0 atom stereocenters. The number of anilines is 2. The van der Waals surface area contributed by atoms with Gasteiger partial charge in [-0.25, -0.2) is 4.98 Å². The van der Waals surface area contributed by atoms with E-state index >= 15 is 0 Å². The minimum Gasteiger partial charge on any atom is -0.368 e. The van der Waals surface area contributed by atoms with Gasteiger partial charge >= 0.3 is 10.1 Å². The molecule has 1 aliphatic rings. The van der Waals surface area contributed by atoms with E-state index in [4.69, 9.17) is 9.92 Å². The highest BCUT2D eigenvalue weighted by Crippen LogP contribution is 2.33. The largest absolute Gasteiger partial charge is 0.368 e. The van der Waals surface area contributed by atoms with Crippen molar-refractivity contribution in [2.24, 2.45) is 12.8 Å². The summed E-state index contributed by atoms with van der Waals surface area (Å²) in [5, 5.41) is -0.176. The lowest BCUT2D eigenvalue weighted by atomic mass is 10.1. The number of primary amides is 1. The van der Waals surface area contributed by atoms with Gasteiger partial charge in [-0.05, 0) is 35.9 Å². The number of para-hydroxylation sites is 1. The maximum atomic E-state index is 12.9. The third kappa shape index (κ3) is 5.41. The molecular weight excluding hydrogens is 502 g/mol. The van der Waals surface area contributed by atoms with Crippen LogP contribution in [0, 0.1) is 0 Å². The fourth-order valence-electron chi connectivity index (χ4n) is 4.57. The first-order valence-corrected chi connectivity index (χ1v) is 13.7. The van der Waals surface area contributed by atoms with Crippen LogP contribution in [0.1, 0.15) is 15.9 Å². The average molecular weight is 532 g/mol.